The number of aromatic nitrogens is 2. The number of benzene rings is 1. The minimum absolute atomic E-state index is 0.249. The third-order valence-electron chi connectivity index (χ3n) is 3.76. The predicted octanol–water partition coefficient (Wildman–Crippen LogP) is 3.63. The molecule has 0 unspecified atom stereocenters. The predicted molar refractivity (Wildman–Crippen MR) is 101 cm³/mol. The topological polar surface area (TPSA) is 64.1 Å². The van der Waals surface area contributed by atoms with Crippen molar-refractivity contribution in [2.45, 2.75) is 13.2 Å². The zero-order chi connectivity index (χ0) is 18.2. The summed E-state index contributed by atoms with van der Waals surface area (Å²) >= 11 is 0. The fourth-order valence-corrected chi connectivity index (χ4v) is 2.35. The molecule has 0 spiro atoms. The van der Waals surface area contributed by atoms with Crippen molar-refractivity contribution in [3.8, 4) is 5.88 Å². The fourth-order valence-electron chi connectivity index (χ4n) is 2.35. The highest BCUT2D eigenvalue weighted by atomic mass is 16.5. The minimum Gasteiger partial charge on any atom is -0.472 e. The lowest BCUT2D eigenvalue weighted by Crippen LogP contribution is -2.24. The first-order chi connectivity index (χ1) is 12.8. The van der Waals surface area contributed by atoms with Crippen LogP contribution in [0.1, 0.15) is 27.2 Å². The fraction of sp³-hybridized carbons (Fsp3) is 0.0952. The standard InChI is InChI=1S/C21H19N3O2/c1-2-16-8-10-17(11-9-16)15-26-21-19(7-5-13-23-21)20(25)24-14-18-6-3-4-12-22-18/h2-13H,1,14-15H2,(H,24,25). The third kappa shape index (κ3) is 4.54. The van der Waals surface area contributed by atoms with Crippen molar-refractivity contribution in [2.75, 3.05) is 0 Å². The molecule has 0 fully saturated rings. The number of nitrogens with one attached hydrogen (secondary N) is 1. The van der Waals surface area contributed by atoms with Crippen molar-refractivity contribution in [1.29, 1.82) is 0 Å². The lowest BCUT2D eigenvalue weighted by Gasteiger charge is -2.11. The van der Waals surface area contributed by atoms with Gasteiger partial charge in [-0.2, -0.15) is 0 Å². The Balaban J connectivity index is 1.64. The molecule has 2 heterocycles. The number of hydrogen-bond acceptors (Lipinski definition) is 4. The van der Waals surface area contributed by atoms with Crippen LogP contribution in [0.3, 0.4) is 0 Å². The molecule has 0 bridgehead atoms. The molecule has 1 aromatic carbocycles. The summed E-state index contributed by atoms with van der Waals surface area (Å²) in [6, 6.07) is 16.8. The van der Waals surface area contributed by atoms with Crippen molar-refractivity contribution in [2.24, 2.45) is 0 Å². The monoisotopic (exact) mass is 345 g/mol. The van der Waals surface area contributed by atoms with Crippen molar-refractivity contribution in [3.05, 3.63) is 96.0 Å². The van der Waals surface area contributed by atoms with Gasteiger partial charge < -0.3 is 10.1 Å². The maximum Gasteiger partial charge on any atom is 0.257 e. The Hall–Kier alpha value is -3.47. The molecule has 0 aliphatic rings. The molecular formula is C21H19N3O2. The summed E-state index contributed by atoms with van der Waals surface area (Å²) < 4.78 is 5.76. The highest BCUT2D eigenvalue weighted by Gasteiger charge is 2.13. The molecule has 3 rings (SSSR count). The number of carbonyl (C=O) groups is 1. The summed E-state index contributed by atoms with van der Waals surface area (Å²) in [5.41, 5.74) is 3.21. The minimum atomic E-state index is -0.249. The van der Waals surface area contributed by atoms with Crippen LogP contribution in [0.25, 0.3) is 6.08 Å². The zero-order valence-electron chi connectivity index (χ0n) is 14.3. The molecule has 0 saturated carbocycles. The van der Waals surface area contributed by atoms with Gasteiger partial charge in [-0.15, -0.1) is 0 Å². The second-order valence-corrected chi connectivity index (χ2v) is 5.59. The highest BCUT2D eigenvalue weighted by molar-refractivity contribution is 5.96. The SMILES string of the molecule is C=Cc1ccc(COc2ncccc2C(=O)NCc2ccccn2)cc1. The molecule has 0 aliphatic heterocycles. The van der Waals surface area contributed by atoms with Gasteiger partial charge in [0.2, 0.25) is 5.88 Å². The summed E-state index contributed by atoms with van der Waals surface area (Å²) in [6.45, 7) is 4.41. The van der Waals surface area contributed by atoms with Crippen LogP contribution in [0.4, 0.5) is 0 Å². The van der Waals surface area contributed by atoms with E-state index in [9.17, 15) is 4.79 Å². The molecule has 26 heavy (non-hydrogen) atoms. The van der Waals surface area contributed by atoms with E-state index in [1.54, 1.807) is 30.6 Å². The van der Waals surface area contributed by atoms with Crippen molar-refractivity contribution >= 4 is 12.0 Å². The van der Waals surface area contributed by atoms with Gasteiger partial charge >= 0.3 is 0 Å². The summed E-state index contributed by atoms with van der Waals surface area (Å²) in [5.74, 6) is 0.0552. The average Bonchev–Trinajstić information content (AvgIpc) is 2.72. The Kier molecular flexibility index (Phi) is 5.72. The number of pyridine rings is 2. The maximum absolute atomic E-state index is 12.5. The van der Waals surface area contributed by atoms with Crippen LogP contribution >= 0.6 is 0 Å². The van der Waals surface area contributed by atoms with E-state index >= 15 is 0 Å². The summed E-state index contributed by atoms with van der Waals surface area (Å²) in [7, 11) is 0. The number of ether oxygens (including phenoxy) is 1. The van der Waals surface area contributed by atoms with Gasteiger partial charge in [0.1, 0.15) is 12.2 Å². The van der Waals surface area contributed by atoms with Crippen LogP contribution in [-0.4, -0.2) is 15.9 Å². The second kappa shape index (κ2) is 8.58. The molecule has 5 heteroatoms. The molecule has 1 N–H and O–H groups in total. The smallest absolute Gasteiger partial charge is 0.257 e. The van der Waals surface area contributed by atoms with Crippen LogP contribution < -0.4 is 10.1 Å². The van der Waals surface area contributed by atoms with Crippen molar-refractivity contribution < 1.29 is 9.53 Å². The lowest BCUT2D eigenvalue weighted by molar-refractivity contribution is 0.0945. The van der Waals surface area contributed by atoms with E-state index in [2.05, 4.69) is 21.9 Å². The number of rotatable bonds is 7. The van der Waals surface area contributed by atoms with Gasteiger partial charge in [0.05, 0.1) is 12.2 Å². The van der Waals surface area contributed by atoms with Crippen LogP contribution in [0.5, 0.6) is 5.88 Å². The van der Waals surface area contributed by atoms with Gasteiger partial charge in [0, 0.05) is 12.4 Å². The quantitative estimate of drug-likeness (QED) is 0.710. The first-order valence-electron chi connectivity index (χ1n) is 8.23. The number of amides is 1. The molecule has 130 valence electrons. The van der Waals surface area contributed by atoms with E-state index < -0.39 is 0 Å². The van der Waals surface area contributed by atoms with E-state index in [0.717, 1.165) is 16.8 Å². The Labute approximate surface area is 152 Å². The van der Waals surface area contributed by atoms with Crippen LogP contribution in [0.2, 0.25) is 0 Å². The van der Waals surface area contributed by atoms with E-state index in [1.165, 1.54) is 0 Å². The molecule has 0 radical (unpaired) electrons. The number of carbonyl (C=O) groups excluding carboxylic acids is 1. The van der Waals surface area contributed by atoms with E-state index in [1.807, 2.05) is 42.5 Å². The summed E-state index contributed by atoms with van der Waals surface area (Å²) in [4.78, 5) is 20.8. The molecule has 0 atom stereocenters. The Morgan fingerprint density at radius 3 is 2.58 bits per heavy atom. The van der Waals surface area contributed by atoms with E-state index in [0.29, 0.717) is 24.6 Å². The molecule has 2 aromatic heterocycles. The molecule has 3 aromatic rings. The van der Waals surface area contributed by atoms with Gasteiger partial charge in [-0.1, -0.05) is 43.0 Å². The van der Waals surface area contributed by atoms with E-state index in [4.69, 9.17) is 4.74 Å². The molecule has 1 amide bonds. The summed E-state index contributed by atoms with van der Waals surface area (Å²) in [6.07, 6.45) is 5.08. The largest absolute Gasteiger partial charge is 0.472 e. The highest BCUT2D eigenvalue weighted by Crippen LogP contribution is 2.16. The van der Waals surface area contributed by atoms with Gasteiger partial charge in [-0.25, -0.2) is 4.98 Å². The van der Waals surface area contributed by atoms with Gasteiger partial charge in [-0.05, 0) is 35.4 Å². The van der Waals surface area contributed by atoms with Gasteiger partial charge in [0.25, 0.3) is 5.91 Å². The second-order valence-electron chi connectivity index (χ2n) is 5.59. The van der Waals surface area contributed by atoms with Crippen LogP contribution in [-0.2, 0) is 13.2 Å². The molecule has 5 nitrogen and oxygen atoms in total. The van der Waals surface area contributed by atoms with E-state index in [-0.39, 0.29) is 5.91 Å². The molecular weight excluding hydrogens is 326 g/mol. The molecule has 0 saturated heterocycles. The zero-order valence-corrected chi connectivity index (χ0v) is 14.3. The Morgan fingerprint density at radius 1 is 1.04 bits per heavy atom. The summed E-state index contributed by atoms with van der Waals surface area (Å²) in [5, 5.41) is 2.84. The van der Waals surface area contributed by atoms with Gasteiger partial charge in [0.15, 0.2) is 0 Å². The Bertz CT molecular complexity index is 877. The Morgan fingerprint density at radius 2 is 1.85 bits per heavy atom. The van der Waals surface area contributed by atoms with Gasteiger partial charge in [-0.3, -0.25) is 9.78 Å². The third-order valence-corrected chi connectivity index (χ3v) is 3.76. The first-order valence-corrected chi connectivity index (χ1v) is 8.23. The van der Waals surface area contributed by atoms with Crippen molar-refractivity contribution in [1.82, 2.24) is 15.3 Å². The molecule has 0 aliphatic carbocycles. The normalized spacial score (nSPS) is 10.2. The van der Waals surface area contributed by atoms with Crippen LogP contribution in [0.15, 0.2) is 73.6 Å². The average molecular weight is 345 g/mol. The number of nitrogens with zero attached hydrogens (tertiary/aromatic N) is 2. The van der Waals surface area contributed by atoms with Crippen LogP contribution in [0, 0.1) is 0 Å². The lowest BCUT2D eigenvalue weighted by atomic mass is 10.1. The maximum atomic E-state index is 12.5. The first kappa shape index (κ1) is 17.4. The number of hydrogen-bond donors (Lipinski definition) is 1. The van der Waals surface area contributed by atoms with Crippen molar-refractivity contribution in [3.63, 3.8) is 0 Å².